The van der Waals surface area contributed by atoms with Crippen LogP contribution in [-0.4, -0.2) is 80.2 Å². The maximum Gasteiger partial charge on any atom is 0.326 e. The summed E-state index contributed by atoms with van der Waals surface area (Å²) in [5, 5.41) is 2.90. The van der Waals surface area contributed by atoms with Crippen LogP contribution in [0.25, 0.3) is 0 Å². The van der Waals surface area contributed by atoms with E-state index in [1.165, 1.54) is 4.90 Å². The van der Waals surface area contributed by atoms with Gasteiger partial charge in [-0.25, -0.2) is 18.1 Å². The average molecular weight is 373 g/mol. The lowest BCUT2D eigenvalue weighted by Gasteiger charge is -2.33. The van der Waals surface area contributed by atoms with E-state index in [1.807, 2.05) is 4.90 Å². The van der Waals surface area contributed by atoms with Crippen molar-refractivity contribution in [1.82, 2.24) is 15.1 Å². The van der Waals surface area contributed by atoms with Crippen LogP contribution in [0.15, 0.2) is 0 Å². The number of carbonyl (C=O) groups excluding carboxylic acids is 2. The number of urea groups is 1. The van der Waals surface area contributed by atoms with Crippen LogP contribution in [0.3, 0.4) is 0 Å². The number of sulfone groups is 1. The largest absolute Gasteiger partial charge is 0.383 e. The van der Waals surface area contributed by atoms with Crippen LogP contribution in [0, 0.1) is 0 Å². The smallest absolute Gasteiger partial charge is 0.326 e. The van der Waals surface area contributed by atoms with E-state index < -0.39 is 15.4 Å². The standard InChI is InChI=1S/C16H27N3O5S/c1-24-9-8-18(13-5-10-25(22,23)11-13)12-19-14(20)16(17-15(19)21)6-3-2-4-7-16/h13H,2-12H2,1H3,(H,17,21)/t13-/m0/s1. The Hall–Kier alpha value is -1.19. The molecular formula is C16H27N3O5S. The molecule has 1 N–H and O–H groups in total. The molecule has 1 aliphatic carbocycles. The number of amides is 3. The average Bonchev–Trinajstić information content (AvgIpc) is 3.04. The Kier molecular flexibility index (Phi) is 5.36. The van der Waals surface area contributed by atoms with Gasteiger partial charge in [0, 0.05) is 19.7 Å². The van der Waals surface area contributed by atoms with Crippen LogP contribution in [0.4, 0.5) is 4.79 Å². The molecule has 1 saturated carbocycles. The highest BCUT2D eigenvalue weighted by Crippen LogP contribution is 2.34. The molecule has 3 rings (SSSR count). The topological polar surface area (TPSA) is 96.0 Å². The summed E-state index contributed by atoms with van der Waals surface area (Å²) in [5.41, 5.74) is -0.746. The minimum Gasteiger partial charge on any atom is -0.383 e. The molecule has 2 aliphatic heterocycles. The highest BCUT2D eigenvalue weighted by molar-refractivity contribution is 7.91. The molecule has 3 fully saturated rings. The molecular weight excluding hydrogens is 346 g/mol. The summed E-state index contributed by atoms with van der Waals surface area (Å²) in [6.07, 6.45) is 4.86. The zero-order valence-corrected chi connectivity index (χ0v) is 15.5. The third-order valence-electron chi connectivity index (χ3n) is 5.58. The van der Waals surface area contributed by atoms with Crippen LogP contribution in [0.2, 0.25) is 0 Å². The van der Waals surface area contributed by atoms with E-state index in [2.05, 4.69) is 5.32 Å². The summed E-state index contributed by atoms with van der Waals surface area (Å²) in [7, 11) is -1.46. The van der Waals surface area contributed by atoms with Gasteiger partial charge in [0.05, 0.1) is 24.8 Å². The Morgan fingerprint density at radius 2 is 2.00 bits per heavy atom. The van der Waals surface area contributed by atoms with Crippen molar-refractivity contribution in [2.75, 3.05) is 38.4 Å². The minimum absolute atomic E-state index is 0.0749. The van der Waals surface area contributed by atoms with Gasteiger partial charge in [0.2, 0.25) is 0 Å². The molecule has 3 amide bonds. The predicted molar refractivity (Wildman–Crippen MR) is 91.7 cm³/mol. The maximum absolute atomic E-state index is 12.9. The van der Waals surface area contributed by atoms with Crippen molar-refractivity contribution in [2.24, 2.45) is 0 Å². The second-order valence-electron chi connectivity index (χ2n) is 7.31. The first kappa shape index (κ1) is 18.6. The SMILES string of the molecule is COCCN(CN1C(=O)NC2(CCCCC2)C1=O)[C@H]1CCS(=O)(=O)C1. The first-order chi connectivity index (χ1) is 11.9. The fraction of sp³-hybridized carbons (Fsp3) is 0.875. The van der Waals surface area contributed by atoms with E-state index in [1.54, 1.807) is 7.11 Å². The lowest BCUT2D eigenvalue weighted by Crippen LogP contribution is -2.50. The van der Waals surface area contributed by atoms with Crippen molar-refractivity contribution in [2.45, 2.75) is 50.1 Å². The molecule has 142 valence electrons. The van der Waals surface area contributed by atoms with Crippen molar-refractivity contribution in [1.29, 1.82) is 0 Å². The molecule has 0 aromatic rings. The van der Waals surface area contributed by atoms with Gasteiger partial charge < -0.3 is 10.1 Å². The molecule has 0 radical (unpaired) electrons. The monoisotopic (exact) mass is 373 g/mol. The van der Waals surface area contributed by atoms with E-state index in [0.29, 0.717) is 32.4 Å². The summed E-state index contributed by atoms with van der Waals surface area (Å²) in [6.45, 7) is 1.03. The minimum atomic E-state index is -3.04. The number of hydrogen-bond donors (Lipinski definition) is 1. The van der Waals surface area contributed by atoms with Crippen molar-refractivity contribution >= 4 is 21.8 Å². The fourth-order valence-corrected chi connectivity index (χ4v) is 5.88. The quantitative estimate of drug-likeness (QED) is 0.674. The summed E-state index contributed by atoms with van der Waals surface area (Å²) >= 11 is 0. The Bertz CT molecular complexity index is 630. The van der Waals surface area contributed by atoms with Gasteiger partial charge in [-0.3, -0.25) is 9.69 Å². The number of hydrogen-bond acceptors (Lipinski definition) is 6. The van der Waals surface area contributed by atoms with Crippen molar-refractivity contribution in [3.63, 3.8) is 0 Å². The van der Waals surface area contributed by atoms with Crippen LogP contribution < -0.4 is 5.32 Å². The van der Waals surface area contributed by atoms with Crippen LogP contribution in [0.1, 0.15) is 38.5 Å². The van der Waals surface area contributed by atoms with E-state index in [-0.39, 0.29) is 36.2 Å². The van der Waals surface area contributed by atoms with E-state index >= 15 is 0 Å². The second-order valence-corrected chi connectivity index (χ2v) is 9.54. The lowest BCUT2D eigenvalue weighted by molar-refractivity contribution is -0.134. The molecule has 2 saturated heterocycles. The van der Waals surface area contributed by atoms with Gasteiger partial charge >= 0.3 is 6.03 Å². The zero-order valence-electron chi connectivity index (χ0n) is 14.7. The van der Waals surface area contributed by atoms with Gasteiger partial charge in [0.25, 0.3) is 5.91 Å². The molecule has 0 bridgehead atoms. The normalized spacial score (nSPS) is 28.1. The van der Waals surface area contributed by atoms with Gasteiger partial charge in [-0.1, -0.05) is 19.3 Å². The zero-order chi connectivity index (χ0) is 18.1. The Balaban J connectivity index is 1.72. The number of imide groups is 1. The van der Waals surface area contributed by atoms with Gasteiger partial charge in [-0.05, 0) is 19.3 Å². The van der Waals surface area contributed by atoms with Crippen molar-refractivity contribution in [3.8, 4) is 0 Å². The van der Waals surface area contributed by atoms with Crippen molar-refractivity contribution in [3.05, 3.63) is 0 Å². The molecule has 8 nitrogen and oxygen atoms in total. The molecule has 0 aromatic carbocycles. The van der Waals surface area contributed by atoms with Gasteiger partial charge in [-0.15, -0.1) is 0 Å². The Morgan fingerprint density at radius 3 is 2.60 bits per heavy atom. The first-order valence-electron chi connectivity index (χ1n) is 8.94. The van der Waals surface area contributed by atoms with E-state index in [4.69, 9.17) is 4.74 Å². The summed E-state index contributed by atoms with van der Waals surface area (Å²) in [4.78, 5) is 28.5. The molecule has 3 aliphatic rings. The lowest BCUT2D eigenvalue weighted by atomic mass is 9.82. The van der Waals surface area contributed by atoms with Gasteiger partial charge in [-0.2, -0.15) is 0 Å². The summed E-state index contributed by atoms with van der Waals surface area (Å²) in [5.74, 6) is 0.0666. The number of ether oxygens (including phenoxy) is 1. The number of rotatable bonds is 6. The van der Waals surface area contributed by atoms with Gasteiger partial charge in [0.15, 0.2) is 9.84 Å². The molecule has 1 spiro atoms. The van der Waals surface area contributed by atoms with Crippen LogP contribution >= 0.6 is 0 Å². The number of methoxy groups -OCH3 is 1. The number of carbonyl (C=O) groups is 2. The third-order valence-corrected chi connectivity index (χ3v) is 7.33. The molecule has 2 heterocycles. The Morgan fingerprint density at radius 1 is 1.28 bits per heavy atom. The van der Waals surface area contributed by atoms with E-state index in [0.717, 1.165) is 19.3 Å². The van der Waals surface area contributed by atoms with E-state index in [9.17, 15) is 18.0 Å². The van der Waals surface area contributed by atoms with Crippen LogP contribution in [0.5, 0.6) is 0 Å². The maximum atomic E-state index is 12.9. The molecule has 1 atom stereocenters. The first-order valence-corrected chi connectivity index (χ1v) is 10.8. The predicted octanol–water partition coefficient (Wildman–Crippen LogP) is 0.334. The summed E-state index contributed by atoms with van der Waals surface area (Å²) < 4.78 is 28.7. The number of nitrogens with zero attached hydrogens (tertiary/aromatic N) is 2. The second kappa shape index (κ2) is 7.20. The Labute approximate surface area is 148 Å². The summed E-state index contributed by atoms with van der Waals surface area (Å²) in [6, 6.07) is -0.543. The fourth-order valence-electron chi connectivity index (χ4n) is 4.12. The molecule has 0 aromatic heterocycles. The third kappa shape index (κ3) is 3.83. The highest BCUT2D eigenvalue weighted by atomic mass is 32.2. The van der Waals surface area contributed by atoms with Gasteiger partial charge in [0.1, 0.15) is 5.54 Å². The van der Waals surface area contributed by atoms with Crippen LogP contribution in [-0.2, 0) is 19.4 Å². The molecule has 0 unspecified atom stereocenters. The number of nitrogens with one attached hydrogen (secondary N) is 1. The van der Waals surface area contributed by atoms with Crippen molar-refractivity contribution < 1.29 is 22.7 Å². The highest BCUT2D eigenvalue weighted by Gasteiger charge is 2.51. The molecule has 25 heavy (non-hydrogen) atoms. The molecule has 9 heteroatoms.